The van der Waals surface area contributed by atoms with Crippen molar-refractivity contribution < 1.29 is 9.26 Å². The lowest BCUT2D eigenvalue weighted by Crippen LogP contribution is -2.46. The van der Waals surface area contributed by atoms with Gasteiger partial charge in [0, 0.05) is 24.3 Å². The van der Waals surface area contributed by atoms with Gasteiger partial charge in [-0.15, -0.1) is 0 Å². The van der Waals surface area contributed by atoms with Crippen molar-refractivity contribution in [2.24, 2.45) is 0 Å². The van der Waals surface area contributed by atoms with Crippen molar-refractivity contribution in [1.29, 1.82) is 0 Å². The molecule has 3 rings (SSSR count). The highest BCUT2D eigenvalue weighted by molar-refractivity contribution is 5.24. The summed E-state index contributed by atoms with van der Waals surface area (Å²) in [4.78, 5) is 0. The summed E-state index contributed by atoms with van der Waals surface area (Å²) in [5.41, 5.74) is 2.40. The number of ether oxygens (including phenoxy) is 1. The number of nitrogens with one attached hydrogen (secondary N) is 1. The molecule has 1 aromatic heterocycles. The molecule has 1 spiro atoms. The fourth-order valence-electron chi connectivity index (χ4n) is 4.08. The first-order chi connectivity index (χ1) is 9.60. The Morgan fingerprint density at radius 3 is 2.70 bits per heavy atom. The zero-order valence-corrected chi connectivity index (χ0v) is 12.9. The lowest BCUT2D eigenvalue weighted by atomic mass is 9.88. The third-order valence-corrected chi connectivity index (χ3v) is 5.02. The van der Waals surface area contributed by atoms with Crippen LogP contribution >= 0.6 is 0 Å². The summed E-state index contributed by atoms with van der Waals surface area (Å²) in [5.74, 6) is 0.935. The van der Waals surface area contributed by atoms with E-state index in [9.17, 15) is 0 Å². The van der Waals surface area contributed by atoms with Crippen LogP contribution in [0, 0.1) is 13.8 Å². The molecule has 1 N–H and O–H groups in total. The first kappa shape index (κ1) is 14.1. The summed E-state index contributed by atoms with van der Waals surface area (Å²) in [5, 5.41) is 7.84. The van der Waals surface area contributed by atoms with Crippen LogP contribution in [0.15, 0.2) is 4.52 Å². The van der Waals surface area contributed by atoms with Crippen LogP contribution in [0.2, 0.25) is 0 Å². The van der Waals surface area contributed by atoms with E-state index in [1.54, 1.807) is 0 Å². The highest BCUT2D eigenvalue weighted by Gasteiger charge is 2.40. The Labute approximate surface area is 121 Å². The maximum atomic E-state index is 6.11. The lowest BCUT2D eigenvalue weighted by Gasteiger charge is -2.39. The van der Waals surface area contributed by atoms with Gasteiger partial charge >= 0.3 is 0 Å². The average Bonchev–Trinajstić information content (AvgIpc) is 2.97. The Hall–Kier alpha value is -0.870. The standard InChI is InChI=1S/C16H26N2O2/c1-11(15-12(2)18-20-13(15)3)17-14-6-9-19-16(10-14)7-4-5-8-16/h11,14,17H,4-10H2,1-3H3. The van der Waals surface area contributed by atoms with E-state index in [0.29, 0.717) is 12.1 Å². The molecule has 2 aliphatic rings. The number of aryl methyl sites for hydroxylation is 2. The van der Waals surface area contributed by atoms with Crippen molar-refractivity contribution in [3.8, 4) is 0 Å². The van der Waals surface area contributed by atoms with Crippen LogP contribution in [-0.4, -0.2) is 23.4 Å². The summed E-state index contributed by atoms with van der Waals surface area (Å²) in [6.45, 7) is 7.12. The SMILES string of the molecule is Cc1noc(C)c1C(C)NC1CCOC2(CCCC2)C1. The van der Waals surface area contributed by atoms with Crippen LogP contribution in [-0.2, 0) is 4.74 Å². The first-order valence-corrected chi connectivity index (χ1v) is 7.92. The van der Waals surface area contributed by atoms with Crippen LogP contribution in [0.1, 0.15) is 68.5 Å². The summed E-state index contributed by atoms with van der Waals surface area (Å²) >= 11 is 0. The fourth-order valence-corrected chi connectivity index (χ4v) is 4.08. The zero-order valence-electron chi connectivity index (χ0n) is 12.9. The van der Waals surface area contributed by atoms with Gasteiger partial charge in [-0.25, -0.2) is 0 Å². The summed E-state index contributed by atoms with van der Waals surface area (Å²) in [7, 11) is 0. The minimum absolute atomic E-state index is 0.175. The zero-order chi connectivity index (χ0) is 14.2. The van der Waals surface area contributed by atoms with E-state index in [-0.39, 0.29) is 5.60 Å². The largest absolute Gasteiger partial charge is 0.375 e. The molecule has 1 aromatic rings. The van der Waals surface area contributed by atoms with Crippen molar-refractivity contribution in [1.82, 2.24) is 10.5 Å². The Morgan fingerprint density at radius 1 is 1.30 bits per heavy atom. The average molecular weight is 278 g/mol. The van der Waals surface area contributed by atoms with Crippen LogP contribution in [0.4, 0.5) is 0 Å². The maximum absolute atomic E-state index is 6.11. The van der Waals surface area contributed by atoms with Crippen molar-refractivity contribution in [2.45, 2.75) is 77.0 Å². The predicted octanol–water partition coefficient (Wildman–Crippen LogP) is 3.43. The highest BCUT2D eigenvalue weighted by atomic mass is 16.5. The minimum atomic E-state index is 0.175. The van der Waals surface area contributed by atoms with Gasteiger partial charge in [-0.2, -0.15) is 0 Å². The molecule has 20 heavy (non-hydrogen) atoms. The number of hydrogen-bond donors (Lipinski definition) is 1. The monoisotopic (exact) mass is 278 g/mol. The fraction of sp³-hybridized carbons (Fsp3) is 0.812. The Balaban J connectivity index is 1.65. The molecule has 112 valence electrons. The van der Waals surface area contributed by atoms with Gasteiger partial charge in [-0.05, 0) is 46.5 Å². The van der Waals surface area contributed by atoms with Gasteiger partial charge in [0.1, 0.15) is 5.76 Å². The molecule has 1 saturated carbocycles. The highest BCUT2D eigenvalue weighted by Crippen LogP contribution is 2.40. The normalized spacial score (nSPS) is 27.1. The van der Waals surface area contributed by atoms with E-state index in [1.807, 2.05) is 13.8 Å². The number of hydrogen-bond acceptors (Lipinski definition) is 4. The number of rotatable bonds is 3. The van der Waals surface area contributed by atoms with Crippen molar-refractivity contribution in [3.05, 3.63) is 17.0 Å². The van der Waals surface area contributed by atoms with Crippen molar-refractivity contribution in [2.75, 3.05) is 6.61 Å². The molecule has 0 radical (unpaired) electrons. The van der Waals surface area contributed by atoms with Gasteiger partial charge < -0.3 is 14.6 Å². The Morgan fingerprint density at radius 2 is 2.05 bits per heavy atom. The van der Waals surface area contributed by atoms with E-state index in [4.69, 9.17) is 9.26 Å². The van der Waals surface area contributed by atoms with Crippen LogP contribution in [0.3, 0.4) is 0 Å². The van der Waals surface area contributed by atoms with E-state index in [1.165, 1.54) is 31.2 Å². The summed E-state index contributed by atoms with van der Waals surface area (Å²) < 4.78 is 11.4. The first-order valence-electron chi connectivity index (χ1n) is 7.92. The van der Waals surface area contributed by atoms with E-state index < -0.39 is 0 Å². The van der Waals surface area contributed by atoms with E-state index in [2.05, 4.69) is 17.4 Å². The molecule has 1 saturated heterocycles. The third-order valence-electron chi connectivity index (χ3n) is 5.02. The van der Waals surface area contributed by atoms with E-state index in [0.717, 1.165) is 30.9 Å². The summed E-state index contributed by atoms with van der Waals surface area (Å²) in [6, 6.07) is 0.841. The molecular formula is C16H26N2O2. The minimum Gasteiger partial charge on any atom is -0.375 e. The molecular weight excluding hydrogens is 252 g/mol. The second kappa shape index (κ2) is 5.49. The number of nitrogens with zero attached hydrogens (tertiary/aromatic N) is 1. The quantitative estimate of drug-likeness (QED) is 0.920. The predicted molar refractivity (Wildman–Crippen MR) is 77.7 cm³/mol. The molecule has 1 aliphatic heterocycles. The lowest BCUT2D eigenvalue weighted by molar-refractivity contribution is -0.0846. The molecule has 0 bridgehead atoms. The Kier molecular flexibility index (Phi) is 3.87. The van der Waals surface area contributed by atoms with Gasteiger partial charge in [0.05, 0.1) is 11.3 Å². The molecule has 0 amide bonds. The smallest absolute Gasteiger partial charge is 0.138 e. The maximum Gasteiger partial charge on any atom is 0.138 e. The molecule has 2 unspecified atom stereocenters. The topological polar surface area (TPSA) is 47.3 Å². The van der Waals surface area contributed by atoms with Gasteiger partial charge in [0.25, 0.3) is 0 Å². The molecule has 1 aliphatic carbocycles. The van der Waals surface area contributed by atoms with Gasteiger partial charge in [-0.3, -0.25) is 0 Å². The van der Waals surface area contributed by atoms with Gasteiger partial charge in [-0.1, -0.05) is 18.0 Å². The molecule has 2 heterocycles. The second-order valence-electron chi connectivity index (χ2n) is 6.55. The van der Waals surface area contributed by atoms with Gasteiger partial charge in [0.15, 0.2) is 0 Å². The van der Waals surface area contributed by atoms with Crippen molar-refractivity contribution >= 4 is 0 Å². The molecule has 2 atom stereocenters. The molecule has 0 aromatic carbocycles. The second-order valence-corrected chi connectivity index (χ2v) is 6.55. The molecule has 2 fully saturated rings. The van der Waals surface area contributed by atoms with Gasteiger partial charge in [0.2, 0.25) is 0 Å². The van der Waals surface area contributed by atoms with Crippen LogP contribution < -0.4 is 5.32 Å². The van der Waals surface area contributed by atoms with Crippen LogP contribution in [0.25, 0.3) is 0 Å². The summed E-state index contributed by atoms with van der Waals surface area (Å²) in [6.07, 6.45) is 7.39. The molecule has 4 heteroatoms. The van der Waals surface area contributed by atoms with E-state index >= 15 is 0 Å². The molecule has 4 nitrogen and oxygen atoms in total. The third kappa shape index (κ3) is 2.63. The van der Waals surface area contributed by atoms with Crippen molar-refractivity contribution in [3.63, 3.8) is 0 Å². The number of aromatic nitrogens is 1. The van der Waals surface area contributed by atoms with Crippen LogP contribution in [0.5, 0.6) is 0 Å². The Bertz CT molecular complexity index is 444.